The van der Waals surface area contributed by atoms with E-state index in [1.807, 2.05) is 0 Å². The molecule has 0 radical (unpaired) electrons. The summed E-state index contributed by atoms with van der Waals surface area (Å²) in [5, 5.41) is 9.77. The Bertz CT molecular complexity index is 734. The van der Waals surface area contributed by atoms with E-state index in [0.29, 0.717) is 36.3 Å². The van der Waals surface area contributed by atoms with Crippen molar-refractivity contribution in [2.45, 2.75) is 26.3 Å². The largest absolute Gasteiger partial charge is 0.466 e. The van der Waals surface area contributed by atoms with Gasteiger partial charge in [0.05, 0.1) is 12.9 Å². The summed E-state index contributed by atoms with van der Waals surface area (Å²) in [6.45, 7) is 2.18. The van der Waals surface area contributed by atoms with Crippen LogP contribution in [0.4, 0.5) is 0 Å². The third-order valence-corrected chi connectivity index (χ3v) is 2.78. The van der Waals surface area contributed by atoms with Crippen molar-refractivity contribution in [3.05, 3.63) is 33.1 Å². The number of esters is 1. The Morgan fingerprint density at radius 1 is 1.38 bits per heavy atom. The molecule has 0 N–H and O–H groups in total. The Balaban J connectivity index is 2.09. The number of carbonyl (C=O) groups is 1. The maximum atomic E-state index is 11.8. The van der Waals surface area contributed by atoms with E-state index in [4.69, 9.17) is 4.74 Å². The van der Waals surface area contributed by atoms with Gasteiger partial charge in [0, 0.05) is 13.5 Å². The zero-order valence-corrected chi connectivity index (χ0v) is 11.3. The van der Waals surface area contributed by atoms with Crippen LogP contribution in [0.5, 0.6) is 0 Å². The molecule has 2 aromatic rings. The number of nitro groups is 1. The topological polar surface area (TPSA) is 122 Å². The van der Waals surface area contributed by atoms with Gasteiger partial charge in [0.15, 0.2) is 22.5 Å². The number of imidazole rings is 1. The normalized spacial score (nSPS) is 10.7. The second-order valence-corrected chi connectivity index (χ2v) is 4.29. The summed E-state index contributed by atoms with van der Waals surface area (Å²) >= 11 is 0. The molecule has 21 heavy (non-hydrogen) atoms. The number of hydrogen-bond acceptors (Lipinski definition) is 7. The monoisotopic (exact) mass is 295 g/mol. The lowest BCUT2D eigenvalue weighted by atomic mass is 10.3. The Hall–Kier alpha value is -2.78. The van der Waals surface area contributed by atoms with Crippen LogP contribution in [0.1, 0.15) is 19.8 Å². The molecule has 0 saturated heterocycles. The summed E-state index contributed by atoms with van der Waals surface area (Å²) < 4.78 is 6.73. The fraction of sp³-hybridized carbons (Fsp3) is 0.455. The van der Waals surface area contributed by atoms with Gasteiger partial charge in [0.2, 0.25) is 0 Å². The van der Waals surface area contributed by atoms with Crippen LogP contribution in [0.15, 0.2) is 17.4 Å². The molecule has 10 heteroatoms. The van der Waals surface area contributed by atoms with Crippen LogP contribution < -0.4 is 5.56 Å². The van der Waals surface area contributed by atoms with Gasteiger partial charge in [-0.2, -0.15) is 0 Å². The molecule has 0 aliphatic rings. The van der Waals surface area contributed by atoms with Crippen LogP contribution in [0.3, 0.4) is 0 Å². The van der Waals surface area contributed by atoms with Gasteiger partial charge in [-0.1, -0.05) is 0 Å². The first kappa shape index (κ1) is 14.6. The van der Waals surface area contributed by atoms with Crippen LogP contribution >= 0.6 is 0 Å². The van der Waals surface area contributed by atoms with Crippen LogP contribution in [-0.2, 0) is 16.1 Å². The van der Waals surface area contributed by atoms with Gasteiger partial charge >= 0.3 is 11.5 Å². The number of aryl methyl sites for hydroxylation is 1. The number of rotatable bonds is 6. The molecule has 0 bridgehead atoms. The maximum Gasteiger partial charge on any atom is 0.343 e. The van der Waals surface area contributed by atoms with E-state index >= 15 is 0 Å². The highest BCUT2D eigenvalue weighted by molar-refractivity contribution is 5.68. The first-order chi connectivity index (χ1) is 10.0. The molecule has 0 spiro atoms. The highest BCUT2D eigenvalue weighted by Gasteiger charge is 2.15. The predicted molar refractivity (Wildman–Crippen MR) is 70.0 cm³/mol. The Morgan fingerprint density at radius 3 is 2.81 bits per heavy atom. The van der Waals surface area contributed by atoms with Gasteiger partial charge in [-0.15, -0.1) is 0 Å². The second kappa shape index (κ2) is 6.11. The Kier molecular flexibility index (Phi) is 4.26. The summed E-state index contributed by atoms with van der Waals surface area (Å²) in [5.74, 6) is -0.329. The zero-order valence-electron chi connectivity index (χ0n) is 11.3. The van der Waals surface area contributed by atoms with E-state index in [-0.39, 0.29) is 11.5 Å². The molecular formula is C11H13N5O5. The Morgan fingerprint density at radius 2 is 2.14 bits per heavy atom. The number of hydrogen-bond donors (Lipinski definition) is 0. The molecule has 0 aliphatic carbocycles. The van der Waals surface area contributed by atoms with Crippen LogP contribution in [0, 0.1) is 10.1 Å². The van der Waals surface area contributed by atoms with Crippen LogP contribution in [0.2, 0.25) is 0 Å². The van der Waals surface area contributed by atoms with Crippen molar-refractivity contribution in [1.29, 1.82) is 0 Å². The van der Waals surface area contributed by atoms with E-state index in [1.165, 1.54) is 13.3 Å². The Labute approximate surface area is 118 Å². The van der Waals surface area contributed by atoms with Crippen molar-refractivity contribution >= 4 is 17.1 Å². The molecule has 0 fully saturated rings. The van der Waals surface area contributed by atoms with Gasteiger partial charge in [-0.25, -0.2) is 20.1 Å². The minimum absolute atomic E-state index is 0.0471. The van der Waals surface area contributed by atoms with E-state index in [0.717, 1.165) is 6.33 Å². The van der Waals surface area contributed by atoms with Crippen molar-refractivity contribution < 1.29 is 14.6 Å². The number of unbranched alkanes of at least 4 members (excludes halogenated alkanes) is 1. The van der Waals surface area contributed by atoms with E-state index in [1.54, 1.807) is 4.57 Å². The molecule has 2 heterocycles. The highest BCUT2D eigenvalue weighted by atomic mass is 16.7. The van der Waals surface area contributed by atoms with Gasteiger partial charge in [-0.3, -0.25) is 9.59 Å². The zero-order chi connectivity index (χ0) is 15.4. The smallest absolute Gasteiger partial charge is 0.343 e. The van der Waals surface area contributed by atoms with Crippen LogP contribution in [0.25, 0.3) is 11.2 Å². The van der Waals surface area contributed by atoms with Crippen molar-refractivity contribution in [2.24, 2.45) is 0 Å². The fourth-order valence-electron chi connectivity index (χ4n) is 1.81. The summed E-state index contributed by atoms with van der Waals surface area (Å²) in [5.41, 5.74) is -0.566. The molecule has 0 saturated carbocycles. The molecule has 112 valence electrons. The standard InChI is InChI=1S/C11H13N5O5/c1-8(17)21-5-3-2-4-14-6-12-9-10(14)13-7-15(11(9)18)16(19)20/h6-7H,2-5H2,1H3. The summed E-state index contributed by atoms with van der Waals surface area (Å²) in [4.78, 5) is 40.8. The SMILES string of the molecule is CC(=O)OCCCCn1cnc2c(=O)n([N+](=O)[O-])cnc21. The first-order valence-corrected chi connectivity index (χ1v) is 6.21. The molecule has 0 amide bonds. The lowest BCUT2D eigenvalue weighted by Crippen LogP contribution is -2.26. The minimum Gasteiger partial charge on any atom is -0.466 e. The lowest BCUT2D eigenvalue weighted by molar-refractivity contribution is -0.545. The minimum atomic E-state index is -0.854. The highest BCUT2D eigenvalue weighted by Crippen LogP contribution is 2.06. The quantitative estimate of drug-likeness (QED) is 0.317. The number of fused-ring (bicyclic) bond motifs is 1. The molecule has 10 nitrogen and oxygen atoms in total. The summed E-state index contributed by atoms with van der Waals surface area (Å²) in [6, 6.07) is 0. The van der Waals surface area contributed by atoms with Crippen molar-refractivity contribution in [2.75, 3.05) is 6.61 Å². The van der Waals surface area contributed by atoms with Gasteiger partial charge in [0.1, 0.15) is 0 Å². The summed E-state index contributed by atoms with van der Waals surface area (Å²) in [6.07, 6.45) is 3.63. The van der Waals surface area contributed by atoms with E-state index in [2.05, 4.69) is 9.97 Å². The number of aromatic nitrogens is 4. The molecular weight excluding hydrogens is 282 g/mol. The van der Waals surface area contributed by atoms with Gasteiger partial charge in [0.25, 0.3) is 0 Å². The average molecular weight is 295 g/mol. The molecule has 0 atom stereocenters. The number of carbonyl (C=O) groups excluding carboxylic acids is 1. The fourth-order valence-corrected chi connectivity index (χ4v) is 1.81. The van der Waals surface area contributed by atoms with Crippen molar-refractivity contribution in [3.63, 3.8) is 0 Å². The molecule has 0 aliphatic heterocycles. The van der Waals surface area contributed by atoms with Gasteiger partial charge < -0.3 is 9.30 Å². The van der Waals surface area contributed by atoms with Gasteiger partial charge in [-0.05, 0) is 17.5 Å². The predicted octanol–water partition coefficient (Wildman–Crippen LogP) is -0.0239. The number of ether oxygens (including phenoxy) is 1. The summed E-state index contributed by atoms with van der Waals surface area (Å²) in [7, 11) is 0. The van der Waals surface area contributed by atoms with Crippen molar-refractivity contribution in [1.82, 2.24) is 19.2 Å². The maximum absolute atomic E-state index is 11.8. The molecule has 0 unspecified atom stereocenters. The third-order valence-electron chi connectivity index (χ3n) is 2.78. The molecule has 2 aromatic heterocycles. The van der Waals surface area contributed by atoms with E-state index in [9.17, 15) is 19.7 Å². The third kappa shape index (κ3) is 3.22. The average Bonchev–Trinajstić information content (AvgIpc) is 2.82. The van der Waals surface area contributed by atoms with Crippen LogP contribution in [-0.4, -0.2) is 36.8 Å². The lowest BCUT2D eigenvalue weighted by Gasteiger charge is -2.04. The van der Waals surface area contributed by atoms with E-state index < -0.39 is 10.6 Å². The second-order valence-electron chi connectivity index (χ2n) is 4.29. The molecule has 2 rings (SSSR count). The first-order valence-electron chi connectivity index (χ1n) is 6.21. The van der Waals surface area contributed by atoms with Crippen molar-refractivity contribution in [3.8, 4) is 0 Å². The molecule has 0 aromatic carbocycles. The number of nitrogens with zero attached hydrogens (tertiary/aromatic N) is 5.